The van der Waals surface area contributed by atoms with Crippen molar-refractivity contribution >= 4 is 21.7 Å². The van der Waals surface area contributed by atoms with Crippen molar-refractivity contribution in [1.82, 2.24) is 5.32 Å². The Labute approximate surface area is 130 Å². The van der Waals surface area contributed by atoms with E-state index in [1.54, 1.807) is 19.1 Å². The first kappa shape index (κ1) is 18.2. The predicted molar refractivity (Wildman–Crippen MR) is 82.5 cm³/mol. The van der Waals surface area contributed by atoms with Crippen LogP contribution in [0, 0.1) is 5.41 Å². The molecule has 0 aliphatic rings. The monoisotopic (exact) mass is 327 g/mol. The zero-order valence-corrected chi connectivity index (χ0v) is 13.7. The van der Waals surface area contributed by atoms with E-state index in [9.17, 15) is 18.0 Å². The van der Waals surface area contributed by atoms with Crippen molar-refractivity contribution in [3.8, 4) is 0 Å². The van der Waals surface area contributed by atoms with Gasteiger partial charge in [-0.1, -0.05) is 19.1 Å². The molecule has 0 aliphatic heterocycles. The zero-order chi connectivity index (χ0) is 17.0. The highest BCUT2D eigenvalue weighted by Gasteiger charge is 2.29. The molecule has 1 aromatic rings. The molecule has 0 aliphatic carbocycles. The van der Waals surface area contributed by atoms with Gasteiger partial charge in [0.1, 0.15) is 0 Å². The number of hydrogen-bond donors (Lipinski definition) is 2. The van der Waals surface area contributed by atoms with Gasteiger partial charge in [0.2, 0.25) is 0 Å². The van der Waals surface area contributed by atoms with Gasteiger partial charge in [-0.05, 0) is 32.4 Å². The van der Waals surface area contributed by atoms with Crippen LogP contribution in [0.25, 0.3) is 0 Å². The number of benzene rings is 1. The van der Waals surface area contributed by atoms with Gasteiger partial charge in [-0.15, -0.1) is 0 Å². The van der Waals surface area contributed by atoms with Crippen LogP contribution in [-0.4, -0.2) is 37.7 Å². The van der Waals surface area contributed by atoms with Crippen molar-refractivity contribution in [2.45, 2.75) is 32.1 Å². The van der Waals surface area contributed by atoms with Gasteiger partial charge in [0.25, 0.3) is 5.91 Å². The third kappa shape index (κ3) is 4.30. The van der Waals surface area contributed by atoms with Crippen LogP contribution in [-0.2, 0) is 14.6 Å². The molecule has 0 aromatic heterocycles. The second kappa shape index (κ2) is 6.91. The van der Waals surface area contributed by atoms with E-state index in [-0.39, 0.29) is 22.8 Å². The quantitative estimate of drug-likeness (QED) is 0.794. The van der Waals surface area contributed by atoms with Crippen molar-refractivity contribution in [3.63, 3.8) is 0 Å². The third-order valence-electron chi connectivity index (χ3n) is 3.21. The molecule has 0 bridgehead atoms. The van der Waals surface area contributed by atoms with Crippen molar-refractivity contribution in [2.75, 3.05) is 12.3 Å². The minimum atomic E-state index is -3.53. The molecule has 7 heteroatoms. The van der Waals surface area contributed by atoms with Crippen LogP contribution in [0.4, 0.5) is 0 Å². The summed E-state index contributed by atoms with van der Waals surface area (Å²) in [4.78, 5) is 23.2. The van der Waals surface area contributed by atoms with Gasteiger partial charge in [-0.2, -0.15) is 0 Å². The molecular formula is C15H21NO5S. The smallest absolute Gasteiger partial charge is 0.310 e. The van der Waals surface area contributed by atoms with Crippen LogP contribution >= 0.6 is 0 Å². The van der Waals surface area contributed by atoms with Crippen LogP contribution < -0.4 is 5.32 Å². The molecule has 0 heterocycles. The fraction of sp³-hybridized carbons (Fsp3) is 0.467. The molecule has 6 nitrogen and oxygen atoms in total. The topological polar surface area (TPSA) is 101 Å². The molecule has 0 radical (unpaired) electrons. The van der Waals surface area contributed by atoms with Crippen molar-refractivity contribution in [1.29, 1.82) is 0 Å². The number of carbonyl (C=O) groups is 2. The summed E-state index contributed by atoms with van der Waals surface area (Å²) in [7, 11) is -3.53. The van der Waals surface area contributed by atoms with Crippen molar-refractivity contribution in [3.05, 3.63) is 29.8 Å². The first-order chi connectivity index (χ1) is 10.1. The Morgan fingerprint density at radius 1 is 1.23 bits per heavy atom. The number of carbonyl (C=O) groups excluding carboxylic acids is 1. The normalized spacial score (nSPS) is 12.0. The fourth-order valence-electron chi connectivity index (χ4n) is 1.78. The molecule has 0 spiro atoms. The number of aliphatic carboxylic acids is 1. The van der Waals surface area contributed by atoms with Crippen LogP contribution in [0.5, 0.6) is 0 Å². The Balaban J connectivity index is 3.03. The van der Waals surface area contributed by atoms with Crippen molar-refractivity contribution < 1.29 is 23.1 Å². The molecule has 1 rings (SSSR count). The van der Waals surface area contributed by atoms with Gasteiger partial charge in [0, 0.05) is 6.54 Å². The first-order valence-electron chi connectivity index (χ1n) is 6.95. The predicted octanol–water partition coefficient (Wildman–Crippen LogP) is 1.71. The SMILES string of the molecule is CCCS(=O)(=O)c1ccccc1C(=O)NCC(C)(C)C(=O)O. The minimum absolute atomic E-state index is 0.0255. The van der Waals surface area contributed by atoms with Gasteiger partial charge in [-0.3, -0.25) is 9.59 Å². The maximum absolute atomic E-state index is 12.2. The summed E-state index contributed by atoms with van der Waals surface area (Å²) in [6, 6.07) is 5.94. The highest BCUT2D eigenvalue weighted by atomic mass is 32.2. The maximum Gasteiger partial charge on any atom is 0.310 e. The summed E-state index contributed by atoms with van der Waals surface area (Å²) in [5.41, 5.74) is -1.09. The zero-order valence-electron chi connectivity index (χ0n) is 12.9. The second-order valence-corrected chi connectivity index (χ2v) is 7.76. The van der Waals surface area contributed by atoms with E-state index in [1.807, 2.05) is 0 Å². The largest absolute Gasteiger partial charge is 0.481 e. The highest BCUT2D eigenvalue weighted by molar-refractivity contribution is 7.91. The van der Waals surface area contributed by atoms with Gasteiger partial charge < -0.3 is 10.4 Å². The molecule has 122 valence electrons. The van der Waals surface area contributed by atoms with Crippen molar-refractivity contribution in [2.24, 2.45) is 5.41 Å². The molecule has 1 amide bonds. The Morgan fingerprint density at radius 3 is 2.36 bits per heavy atom. The van der Waals surface area contributed by atoms with Gasteiger partial charge in [0.05, 0.1) is 21.6 Å². The van der Waals surface area contributed by atoms with E-state index in [2.05, 4.69) is 5.32 Å². The van der Waals surface area contributed by atoms with Crippen LogP contribution in [0.2, 0.25) is 0 Å². The minimum Gasteiger partial charge on any atom is -0.481 e. The summed E-state index contributed by atoms with van der Waals surface area (Å²) in [5, 5.41) is 11.5. The molecular weight excluding hydrogens is 306 g/mol. The summed E-state index contributed by atoms with van der Waals surface area (Å²) < 4.78 is 24.4. The van der Waals surface area contributed by atoms with Crippen LogP contribution in [0.3, 0.4) is 0 Å². The summed E-state index contributed by atoms with van der Waals surface area (Å²) in [6.45, 7) is 4.61. The average molecular weight is 327 g/mol. The number of carboxylic acid groups (broad SMARTS) is 1. The Morgan fingerprint density at radius 2 is 1.82 bits per heavy atom. The Bertz CT molecular complexity index is 664. The highest BCUT2D eigenvalue weighted by Crippen LogP contribution is 2.19. The first-order valence-corrected chi connectivity index (χ1v) is 8.60. The lowest BCUT2D eigenvalue weighted by Crippen LogP contribution is -2.39. The van der Waals surface area contributed by atoms with Gasteiger partial charge >= 0.3 is 5.97 Å². The van der Waals surface area contributed by atoms with E-state index >= 15 is 0 Å². The molecule has 0 unspecified atom stereocenters. The number of amides is 1. The van der Waals surface area contributed by atoms with E-state index < -0.39 is 27.1 Å². The molecule has 0 saturated carbocycles. The summed E-state index contributed by atoms with van der Waals surface area (Å²) in [5.74, 6) is -1.68. The molecule has 22 heavy (non-hydrogen) atoms. The Kier molecular flexibility index (Phi) is 5.71. The number of rotatable bonds is 7. The van der Waals surface area contributed by atoms with Gasteiger partial charge in [-0.25, -0.2) is 8.42 Å². The number of nitrogens with one attached hydrogen (secondary N) is 1. The maximum atomic E-state index is 12.2. The number of sulfone groups is 1. The van der Waals surface area contributed by atoms with Crippen LogP contribution in [0.15, 0.2) is 29.2 Å². The summed E-state index contributed by atoms with van der Waals surface area (Å²) in [6.07, 6.45) is 0.449. The molecule has 0 saturated heterocycles. The standard InChI is InChI=1S/C15H21NO5S/c1-4-9-22(20,21)12-8-6-5-7-11(12)13(17)16-10-15(2,3)14(18)19/h5-8H,4,9-10H2,1-3H3,(H,16,17)(H,18,19). The lowest BCUT2D eigenvalue weighted by Gasteiger charge is -2.20. The van der Waals surface area contributed by atoms with Gasteiger partial charge in [0.15, 0.2) is 9.84 Å². The van der Waals surface area contributed by atoms with E-state index in [1.165, 1.54) is 26.0 Å². The number of carboxylic acids is 1. The molecule has 2 N–H and O–H groups in total. The number of hydrogen-bond acceptors (Lipinski definition) is 4. The lowest BCUT2D eigenvalue weighted by molar-refractivity contribution is -0.146. The molecule has 0 fully saturated rings. The fourth-order valence-corrected chi connectivity index (χ4v) is 3.32. The summed E-state index contributed by atoms with van der Waals surface area (Å²) >= 11 is 0. The van der Waals surface area contributed by atoms with Crippen LogP contribution in [0.1, 0.15) is 37.6 Å². The second-order valence-electron chi connectivity index (χ2n) is 5.69. The van der Waals surface area contributed by atoms with E-state index in [4.69, 9.17) is 5.11 Å². The molecule has 0 atom stereocenters. The Hall–Kier alpha value is -1.89. The van der Waals surface area contributed by atoms with E-state index in [0.717, 1.165) is 0 Å². The lowest BCUT2D eigenvalue weighted by atomic mass is 9.94. The third-order valence-corrected chi connectivity index (χ3v) is 5.18. The molecule has 1 aromatic carbocycles. The van der Waals surface area contributed by atoms with E-state index in [0.29, 0.717) is 6.42 Å². The average Bonchev–Trinajstić information content (AvgIpc) is 2.44.